The molecule has 0 saturated heterocycles. The standard InChI is InChI=1S/C10H16N2O2/c1-7-5-8(6-11)3-4-10(7,2)9(13)14-12/h3-5,7H,6,11-12H2,1-2H3. The Morgan fingerprint density at radius 1 is 1.71 bits per heavy atom. The molecule has 0 saturated carbocycles. The van der Waals surface area contributed by atoms with Gasteiger partial charge in [-0.1, -0.05) is 25.2 Å². The highest BCUT2D eigenvalue weighted by Crippen LogP contribution is 2.35. The Kier molecular flexibility index (Phi) is 3.08. The molecule has 0 aromatic heterocycles. The summed E-state index contributed by atoms with van der Waals surface area (Å²) in [6, 6.07) is 0. The summed E-state index contributed by atoms with van der Waals surface area (Å²) in [6.07, 6.45) is 5.61. The molecule has 1 rings (SSSR count). The third-order valence-electron chi connectivity index (χ3n) is 2.84. The summed E-state index contributed by atoms with van der Waals surface area (Å²) in [5.41, 5.74) is 5.86. The third kappa shape index (κ3) is 1.71. The summed E-state index contributed by atoms with van der Waals surface area (Å²) >= 11 is 0. The van der Waals surface area contributed by atoms with Gasteiger partial charge in [-0.3, -0.25) is 0 Å². The lowest BCUT2D eigenvalue weighted by atomic mass is 9.74. The monoisotopic (exact) mass is 196 g/mol. The van der Waals surface area contributed by atoms with Crippen LogP contribution in [0.3, 0.4) is 0 Å². The summed E-state index contributed by atoms with van der Waals surface area (Å²) < 4.78 is 0. The molecule has 0 aromatic carbocycles. The van der Waals surface area contributed by atoms with E-state index in [2.05, 4.69) is 4.84 Å². The first-order valence-electron chi connectivity index (χ1n) is 4.55. The lowest BCUT2D eigenvalue weighted by Crippen LogP contribution is -2.36. The first kappa shape index (κ1) is 10.9. The van der Waals surface area contributed by atoms with E-state index in [4.69, 9.17) is 11.6 Å². The molecule has 4 N–H and O–H groups in total. The van der Waals surface area contributed by atoms with Gasteiger partial charge in [-0.2, -0.15) is 5.90 Å². The number of hydrogen-bond acceptors (Lipinski definition) is 4. The van der Waals surface area contributed by atoms with Crippen molar-refractivity contribution in [3.05, 3.63) is 23.8 Å². The molecule has 0 fully saturated rings. The maximum Gasteiger partial charge on any atom is 0.334 e. The SMILES string of the molecule is CC1C=C(CN)C=CC1(C)C(=O)ON. The summed E-state index contributed by atoms with van der Waals surface area (Å²) in [4.78, 5) is 15.7. The molecule has 1 aliphatic carbocycles. The van der Waals surface area contributed by atoms with Crippen LogP contribution in [0.2, 0.25) is 0 Å². The number of hydrogen-bond donors (Lipinski definition) is 2. The van der Waals surface area contributed by atoms with E-state index in [9.17, 15) is 4.79 Å². The van der Waals surface area contributed by atoms with Crippen molar-refractivity contribution in [2.24, 2.45) is 23.0 Å². The Bertz CT molecular complexity index is 296. The van der Waals surface area contributed by atoms with Crippen LogP contribution in [-0.2, 0) is 9.63 Å². The third-order valence-corrected chi connectivity index (χ3v) is 2.84. The highest BCUT2D eigenvalue weighted by Gasteiger charge is 2.38. The largest absolute Gasteiger partial charge is 0.373 e. The molecular formula is C10H16N2O2. The zero-order valence-corrected chi connectivity index (χ0v) is 8.49. The number of nitrogens with two attached hydrogens (primary N) is 2. The molecule has 0 bridgehead atoms. The molecule has 78 valence electrons. The van der Waals surface area contributed by atoms with Crippen LogP contribution in [0.5, 0.6) is 0 Å². The van der Waals surface area contributed by atoms with E-state index < -0.39 is 11.4 Å². The predicted octanol–water partition coefficient (Wildman–Crippen LogP) is 0.501. The number of carbonyl (C=O) groups is 1. The van der Waals surface area contributed by atoms with Crippen molar-refractivity contribution < 1.29 is 9.63 Å². The molecule has 0 heterocycles. The van der Waals surface area contributed by atoms with Gasteiger partial charge in [-0.25, -0.2) is 4.79 Å². The first-order valence-corrected chi connectivity index (χ1v) is 4.55. The molecule has 0 radical (unpaired) electrons. The second-order valence-corrected chi connectivity index (χ2v) is 3.76. The topological polar surface area (TPSA) is 78.3 Å². The molecule has 0 aliphatic heterocycles. The van der Waals surface area contributed by atoms with Crippen molar-refractivity contribution in [3.8, 4) is 0 Å². The van der Waals surface area contributed by atoms with Crippen LogP contribution >= 0.6 is 0 Å². The first-order chi connectivity index (χ1) is 6.54. The molecule has 1 aliphatic rings. The minimum atomic E-state index is -0.673. The Balaban J connectivity index is 2.92. The van der Waals surface area contributed by atoms with E-state index >= 15 is 0 Å². The van der Waals surface area contributed by atoms with Crippen molar-refractivity contribution in [3.63, 3.8) is 0 Å². The van der Waals surface area contributed by atoms with Crippen LogP contribution in [0.15, 0.2) is 23.8 Å². The average Bonchev–Trinajstić information content (AvgIpc) is 2.21. The molecule has 2 unspecified atom stereocenters. The van der Waals surface area contributed by atoms with Gasteiger partial charge in [0.15, 0.2) is 0 Å². The highest BCUT2D eigenvalue weighted by atomic mass is 16.7. The zero-order chi connectivity index (χ0) is 10.8. The minimum Gasteiger partial charge on any atom is -0.373 e. The van der Waals surface area contributed by atoms with Crippen LogP contribution < -0.4 is 11.6 Å². The van der Waals surface area contributed by atoms with Gasteiger partial charge in [0.25, 0.3) is 0 Å². The van der Waals surface area contributed by atoms with Gasteiger partial charge in [-0.05, 0) is 18.4 Å². The maximum absolute atomic E-state index is 11.4. The number of allylic oxidation sites excluding steroid dienone is 1. The molecule has 2 atom stereocenters. The summed E-state index contributed by atoms with van der Waals surface area (Å²) in [5.74, 6) is 4.51. The van der Waals surface area contributed by atoms with Gasteiger partial charge in [0.2, 0.25) is 0 Å². The van der Waals surface area contributed by atoms with Gasteiger partial charge < -0.3 is 10.6 Å². The van der Waals surface area contributed by atoms with Crippen LogP contribution in [0.4, 0.5) is 0 Å². The molecule has 14 heavy (non-hydrogen) atoms. The van der Waals surface area contributed by atoms with E-state index in [-0.39, 0.29) is 5.92 Å². The second-order valence-electron chi connectivity index (χ2n) is 3.76. The van der Waals surface area contributed by atoms with Crippen molar-refractivity contribution in [1.29, 1.82) is 0 Å². The van der Waals surface area contributed by atoms with Crippen molar-refractivity contribution in [2.45, 2.75) is 13.8 Å². The van der Waals surface area contributed by atoms with E-state index in [1.807, 2.05) is 19.1 Å². The fraction of sp³-hybridized carbons (Fsp3) is 0.500. The van der Waals surface area contributed by atoms with E-state index in [0.717, 1.165) is 5.57 Å². The lowest BCUT2D eigenvalue weighted by molar-refractivity contribution is -0.154. The number of rotatable bonds is 2. The minimum absolute atomic E-state index is 0.0436. The van der Waals surface area contributed by atoms with Gasteiger partial charge in [-0.15, -0.1) is 0 Å². The molecular weight excluding hydrogens is 180 g/mol. The quantitative estimate of drug-likeness (QED) is 0.630. The Labute approximate surface area is 83.5 Å². The van der Waals surface area contributed by atoms with Crippen LogP contribution in [-0.4, -0.2) is 12.5 Å². The lowest BCUT2D eigenvalue weighted by Gasteiger charge is -2.30. The normalized spacial score (nSPS) is 31.1. The molecule has 4 nitrogen and oxygen atoms in total. The van der Waals surface area contributed by atoms with Gasteiger partial charge >= 0.3 is 5.97 Å². The van der Waals surface area contributed by atoms with Crippen LogP contribution in [0.1, 0.15) is 13.8 Å². The van der Waals surface area contributed by atoms with Crippen LogP contribution in [0.25, 0.3) is 0 Å². The predicted molar refractivity (Wildman–Crippen MR) is 53.8 cm³/mol. The Morgan fingerprint density at radius 2 is 2.36 bits per heavy atom. The van der Waals surface area contributed by atoms with Gasteiger partial charge in [0, 0.05) is 6.54 Å². The van der Waals surface area contributed by atoms with Crippen LogP contribution in [0, 0.1) is 11.3 Å². The number of carbonyl (C=O) groups excluding carboxylic acids is 1. The Hall–Kier alpha value is -1.13. The Morgan fingerprint density at radius 3 is 2.79 bits per heavy atom. The van der Waals surface area contributed by atoms with E-state index in [1.165, 1.54) is 0 Å². The smallest absolute Gasteiger partial charge is 0.334 e. The highest BCUT2D eigenvalue weighted by molar-refractivity contribution is 5.79. The van der Waals surface area contributed by atoms with Crippen molar-refractivity contribution in [1.82, 2.24) is 0 Å². The van der Waals surface area contributed by atoms with Gasteiger partial charge in [0.1, 0.15) is 0 Å². The van der Waals surface area contributed by atoms with Crippen molar-refractivity contribution in [2.75, 3.05) is 6.54 Å². The molecule has 0 amide bonds. The zero-order valence-electron chi connectivity index (χ0n) is 8.49. The molecule has 0 aromatic rings. The summed E-state index contributed by atoms with van der Waals surface area (Å²) in [6.45, 7) is 4.22. The maximum atomic E-state index is 11.4. The molecule has 4 heteroatoms. The fourth-order valence-electron chi connectivity index (χ4n) is 1.50. The summed E-state index contributed by atoms with van der Waals surface area (Å²) in [7, 11) is 0. The fourth-order valence-corrected chi connectivity index (χ4v) is 1.50. The van der Waals surface area contributed by atoms with Gasteiger partial charge in [0.05, 0.1) is 5.41 Å². The summed E-state index contributed by atoms with van der Waals surface area (Å²) in [5, 5.41) is 0. The van der Waals surface area contributed by atoms with E-state index in [1.54, 1.807) is 13.0 Å². The average molecular weight is 196 g/mol. The molecule has 0 spiro atoms. The van der Waals surface area contributed by atoms with Crippen molar-refractivity contribution >= 4 is 5.97 Å². The second kappa shape index (κ2) is 3.94. The van der Waals surface area contributed by atoms with E-state index in [0.29, 0.717) is 6.54 Å².